The minimum atomic E-state index is -2.83. The summed E-state index contributed by atoms with van der Waals surface area (Å²) in [6, 6.07) is 95.7. The van der Waals surface area contributed by atoms with Crippen molar-refractivity contribution in [3.05, 3.63) is 283 Å². The van der Waals surface area contributed by atoms with Crippen molar-refractivity contribution in [3.8, 4) is 11.1 Å². The standard InChI is InChI=1S/C60H43N3Si/c1-6-24-44(25-7-1)45-42-58(62-52-36-18-16-34-50(52)60(46-26-8-2-9-27-46,47-28-10-3-11-29-47)51-35-17-19-37-53(51)62)61-59(43-45)63-54-38-20-22-40-56(54)64(48-30-12-4-13-31-48,49-32-14-5-15-33-49)57-41-23-21-39-55(57)63/h1-43H. The van der Waals surface area contributed by atoms with Gasteiger partial charge in [0.15, 0.2) is 8.07 Å². The Labute approximate surface area is 375 Å². The molecule has 0 amide bonds. The third-order valence-corrected chi connectivity index (χ3v) is 18.2. The van der Waals surface area contributed by atoms with Gasteiger partial charge >= 0.3 is 0 Å². The fourth-order valence-corrected chi connectivity index (χ4v) is 15.9. The first-order valence-electron chi connectivity index (χ1n) is 22.1. The maximum atomic E-state index is 5.86. The lowest BCUT2D eigenvalue weighted by atomic mass is 9.62. The van der Waals surface area contributed by atoms with Crippen LogP contribution in [0.4, 0.5) is 34.4 Å². The lowest BCUT2D eigenvalue weighted by Gasteiger charge is -2.46. The zero-order valence-corrected chi connectivity index (χ0v) is 36.2. The maximum absolute atomic E-state index is 5.86. The number of aromatic nitrogens is 1. The molecule has 0 unspecified atom stereocenters. The molecule has 0 radical (unpaired) electrons. The highest BCUT2D eigenvalue weighted by atomic mass is 28.3. The number of nitrogens with zero attached hydrogens (tertiary/aromatic N) is 3. The summed E-state index contributed by atoms with van der Waals surface area (Å²) in [5.74, 6) is 1.71. The molecule has 12 rings (SSSR count). The van der Waals surface area contributed by atoms with E-state index < -0.39 is 13.5 Å². The SMILES string of the molecule is c1ccc(-c2cc(N3c4ccccc4C(c4ccccc4)(c4ccccc4)c4ccccc43)nc(N3c4ccccc4[Si](c4ccccc4)(c4ccccc4)c4ccccc43)c2)cc1. The van der Waals surface area contributed by atoms with Crippen molar-refractivity contribution >= 4 is 63.2 Å². The maximum Gasteiger partial charge on any atom is 0.184 e. The summed E-state index contributed by atoms with van der Waals surface area (Å²) in [6.45, 7) is 0. The zero-order valence-electron chi connectivity index (χ0n) is 35.2. The molecule has 0 saturated heterocycles. The average molecular weight is 834 g/mol. The number of para-hydroxylation sites is 4. The van der Waals surface area contributed by atoms with Crippen LogP contribution >= 0.6 is 0 Å². The Morgan fingerprint density at radius 1 is 0.312 bits per heavy atom. The van der Waals surface area contributed by atoms with Crippen molar-refractivity contribution in [2.75, 3.05) is 9.80 Å². The number of rotatable bonds is 7. The summed E-state index contributed by atoms with van der Waals surface area (Å²) in [5, 5.41) is 5.39. The van der Waals surface area contributed by atoms with Crippen molar-refractivity contribution in [2.24, 2.45) is 0 Å². The van der Waals surface area contributed by atoms with Crippen LogP contribution in [-0.2, 0) is 5.41 Å². The minimum absolute atomic E-state index is 0.584. The predicted octanol–water partition coefficient (Wildman–Crippen LogP) is 12.1. The molecule has 2 aliphatic rings. The monoisotopic (exact) mass is 833 g/mol. The molecule has 0 saturated carbocycles. The van der Waals surface area contributed by atoms with Crippen LogP contribution in [0.5, 0.6) is 0 Å². The molecule has 0 aliphatic carbocycles. The Morgan fingerprint density at radius 2 is 0.656 bits per heavy atom. The Balaban J connectivity index is 1.14. The molecular formula is C60H43N3Si. The van der Waals surface area contributed by atoms with Gasteiger partial charge in [-0.05, 0) is 90.5 Å². The van der Waals surface area contributed by atoms with Crippen LogP contribution in [0.2, 0.25) is 0 Å². The minimum Gasteiger partial charge on any atom is -0.295 e. The van der Waals surface area contributed by atoms with E-state index >= 15 is 0 Å². The predicted molar refractivity (Wildman–Crippen MR) is 268 cm³/mol. The van der Waals surface area contributed by atoms with Gasteiger partial charge in [0.05, 0.1) is 16.8 Å². The molecular weight excluding hydrogens is 791 g/mol. The quantitative estimate of drug-likeness (QED) is 0.149. The molecule has 0 fully saturated rings. The molecule has 2 aliphatic heterocycles. The van der Waals surface area contributed by atoms with E-state index in [2.05, 4.69) is 271 Å². The fourth-order valence-electron chi connectivity index (χ4n) is 10.8. The summed E-state index contributed by atoms with van der Waals surface area (Å²) in [4.78, 5) is 10.7. The first kappa shape index (κ1) is 37.7. The van der Waals surface area contributed by atoms with Crippen LogP contribution in [0.3, 0.4) is 0 Å². The molecule has 9 aromatic carbocycles. The van der Waals surface area contributed by atoms with Crippen molar-refractivity contribution in [1.82, 2.24) is 4.98 Å². The molecule has 0 atom stereocenters. The number of hydrogen-bond acceptors (Lipinski definition) is 3. The van der Waals surface area contributed by atoms with Gasteiger partial charge in [0.2, 0.25) is 0 Å². The van der Waals surface area contributed by atoms with Crippen LogP contribution in [0.25, 0.3) is 11.1 Å². The fraction of sp³-hybridized carbons (Fsp3) is 0.0167. The molecule has 10 aromatic rings. The average Bonchev–Trinajstić information content (AvgIpc) is 3.38. The van der Waals surface area contributed by atoms with Crippen molar-refractivity contribution < 1.29 is 0 Å². The van der Waals surface area contributed by atoms with Gasteiger partial charge in [-0.1, -0.05) is 224 Å². The number of benzene rings is 9. The van der Waals surface area contributed by atoms with E-state index in [-0.39, 0.29) is 0 Å². The second kappa shape index (κ2) is 15.4. The first-order valence-corrected chi connectivity index (χ1v) is 24.1. The molecule has 0 N–H and O–H groups in total. The van der Waals surface area contributed by atoms with E-state index in [1.54, 1.807) is 0 Å². The molecule has 1 aromatic heterocycles. The highest BCUT2D eigenvalue weighted by Crippen LogP contribution is 2.57. The highest BCUT2D eigenvalue weighted by Gasteiger charge is 2.50. The van der Waals surface area contributed by atoms with Gasteiger partial charge in [-0.2, -0.15) is 0 Å². The number of pyridine rings is 1. The van der Waals surface area contributed by atoms with E-state index in [1.807, 2.05) is 0 Å². The molecule has 0 spiro atoms. The molecule has 3 heterocycles. The molecule has 0 bridgehead atoms. The van der Waals surface area contributed by atoms with E-state index in [9.17, 15) is 0 Å². The normalized spacial score (nSPS) is 14.1. The number of fused-ring (bicyclic) bond motifs is 4. The third kappa shape index (κ3) is 5.63. The van der Waals surface area contributed by atoms with Crippen molar-refractivity contribution in [3.63, 3.8) is 0 Å². The van der Waals surface area contributed by atoms with Gasteiger partial charge in [0, 0.05) is 11.4 Å². The van der Waals surface area contributed by atoms with Gasteiger partial charge in [0.25, 0.3) is 0 Å². The van der Waals surface area contributed by atoms with Gasteiger partial charge < -0.3 is 0 Å². The summed E-state index contributed by atoms with van der Waals surface area (Å²) < 4.78 is 0. The highest BCUT2D eigenvalue weighted by molar-refractivity contribution is 7.21. The lowest BCUT2D eigenvalue weighted by molar-refractivity contribution is 0.730. The number of anilines is 6. The first-order chi connectivity index (χ1) is 31.8. The lowest BCUT2D eigenvalue weighted by Crippen LogP contribution is -2.77. The Morgan fingerprint density at radius 3 is 1.11 bits per heavy atom. The van der Waals surface area contributed by atoms with Crippen molar-refractivity contribution in [1.29, 1.82) is 0 Å². The zero-order chi connectivity index (χ0) is 42.5. The number of hydrogen-bond donors (Lipinski definition) is 0. The van der Waals surface area contributed by atoms with E-state index in [1.165, 1.54) is 43.0 Å². The topological polar surface area (TPSA) is 19.4 Å². The summed E-state index contributed by atoms with van der Waals surface area (Å²) in [5.41, 5.74) is 11.0. The van der Waals surface area contributed by atoms with Crippen molar-refractivity contribution in [2.45, 2.75) is 5.41 Å². The van der Waals surface area contributed by atoms with Crippen LogP contribution in [0.15, 0.2) is 261 Å². The molecule has 3 nitrogen and oxygen atoms in total. The smallest absolute Gasteiger partial charge is 0.184 e. The van der Waals surface area contributed by atoms with E-state index in [0.29, 0.717) is 0 Å². The van der Waals surface area contributed by atoms with Gasteiger partial charge in [-0.25, -0.2) is 4.98 Å². The second-order valence-electron chi connectivity index (χ2n) is 16.6. The van der Waals surface area contributed by atoms with Crippen LogP contribution in [0, 0.1) is 0 Å². The van der Waals surface area contributed by atoms with Gasteiger partial charge in [-0.15, -0.1) is 0 Å². The van der Waals surface area contributed by atoms with E-state index in [4.69, 9.17) is 4.98 Å². The van der Waals surface area contributed by atoms with E-state index in [0.717, 1.165) is 45.5 Å². The summed E-state index contributed by atoms with van der Waals surface area (Å²) in [7, 11) is -2.83. The Bertz CT molecular complexity index is 2910. The molecule has 4 heteroatoms. The van der Waals surface area contributed by atoms with Crippen LogP contribution < -0.4 is 30.5 Å². The van der Waals surface area contributed by atoms with Gasteiger partial charge in [-0.3, -0.25) is 9.80 Å². The molecule has 64 heavy (non-hydrogen) atoms. The second-order valence-corrected chi connectivity index (χ2v) is 20.4. The van der Waals surface area contributed by atoms with Crippen LogP contribution in [-0.4, -0.2) is 13.1 Å². The van der Waals surface area contributed by atoms with Gasteiger partial charge in [0.1, 0.15) is 11.6 Å². The van der Waals surface area contributed by atoms with Crippen LogP contribution in [0.1, 0.15) is 22.3 Å². The largest absolute Gasteiger partial charge is 0.295 e. The summed E-state index contributed by atoms with van der Waals surface area (Å²) >= 11 is 0. The Hall–Kier alpha value is -8.05. The summed E-state index contributed by atoms with van der Waals surface area (Å²) in [6.07, 6.45) is 0. The third-order valence-electron chi connectivity index (χ3n) is 13.4. The molecule has 302 valence electrons. The Kier molecular flexibility index (Phi) is 9.06.